The van der Waals surface area contributed by atoms with Gasteiger partial charge in [-0.1, -0.05) is 6.07 Å². The number of rotatable bonds is 7. The Balaban J connectivity index is 1.35. The first-order valence-electron chi connectivity index (χ1n) is 11.4. The number of imidazole rings is 1. The summed E-state index contributed by atoms with van der Waals surface area (Å²) in [4.78, 5) is 19.2. The average molecular weight is 444 g/mol. The molecule has 5 rings (SSSR count). The van der Waals surface area contributed by atoms with E-state index < -0.39 is 0 Å². The number of H-pyrrole nitrogens is 1. The van der Waals surface area contributed by atoms with Crippen molar-refractivity contribution in [3.8, 4) is 16.9 Å². The van der Waals surface area contributed by atoms with Crippen LogP contribution in [0.25, 0.3) is 22.2 Å². The first-order chi connectivity index (χ1) is 16.1. The highest BCUT2D eigenvalue weighted by Crippen LogP contribution is 2.32. The molecule has 8 heteroatoms. The molecule has 1 aromatic carbocycles. The molecule has 0 radical (unpaired) electrons. The minimum atomic E-state index is 0.0782. The van der Waals surface area contributed by atoms with Crippen molar-refractivity contribution in [1.29, 1.82) is 0 Å². The molecule has 3 aromatic heterocycles. The van der Waals surface area contributed by atoms with Crippen molar-refractivity contribution in [3.05, 3.63) is 60.6 Å². The van der Waals surface area contributed by atoms with Crippen LogP contribution in [0.15, 0.2) is 55.0 Å². The number of hydrogen-bond donors (Lipinski definition) is 3. The highest BCUT2D eigenvalue weighted by atomic mass is 16.5. The molecule has 0 spiro atoms. The SMILES string of the molecule is CC(C)Oc1cnccc1-c1ccc2nc(Nc3cc(CN4CCNCC4)ccn3)[nH]c2c1. The van der Waals surface area contributed by atoms with Crippen LogP contribution in [-0.4, -0.2) is 57.1 Å². The molecule has 33 heavy (non-hydrogen) atoms. The lowest BCUT2D eigenvalue weighted by Crippen LogP contribution is -2.42. The van der Waals surface area contributed by atoms with Gasteiger partial charge in [-0.25, -0.2) is 9.97 Å². The van der Waals surface area contributed by atoms with Gasteiger partial charge in [-0.2, -0.15) is 0 Å². The van der Waals surface area contributed by atoms with Gasteiger partial charge in [-0.05, 0) is 55.3 Å². The van der Waals surface area contributed by atoms with Crippen molar-refractivity contribution in [2.75, 3.05) is 31.5 Å². The molecule has 8 nitrogen and oxygen atoms in total. The van der Waals surface area contributed by atoms with Crippen LogP contribution in [0.4, 0.5) is 11.8 Å². The molecule has 170 valence electrons. The Kier molecular flexibility index (Phi) is 6.19. The van der Waals surface area contributed by atoms with Crippen LogP contribution in [0.3, 0.4) is 0 Å². The molecule has 0 bridgehead atoms. The van der Waals surface area contributed by atoms with E-state index in [0.717, 1.165) is 66.5 Å². The average Bonchev–Trinajstić information content (AvgIpc) is 3.21. The highest BCUT2D eigenvalue weighted by Gasteiger charge is 2.12. The number of aromatic nitrogens is 4. The van der Waals surface area contributed by atoms with Crippen LogP contribution in [0.5, 0.6) is 5.75 Å². The zero-order valence-electron chi connectivity index (χ0n) is 19.0. The molecule has 4 heterocycles. The van der Waals surface area contributed by atoms with Crippen molar-refractivity contribution < 1.29 is 4.74 Å². The van der Waals surface area contributed by atoms with Crippen LogP contribution < -0.4 is 15.4 Å². The highest BCUT2D eigenvalue weighted by molar-refractivity contribution is 5.85. The lowest BCUT2D eigenvalue weighted by atomic mass is 10.1. The fourth-order valence-electron chi connectivity index (χ4n) is 4.09. The van der Waals surface area contributed by atoms with Gasteiger partial charge in [0.05, 0.1) is 23.3 Å². The number of hydrogen-bond acceptors (Lipinski definition) is 7. The van der Waals surface area contributed by atoms with Crippen molar-refractivity contribution >= 4 is 22.8 Å². The third-order valence-electron chi connectivity index (χ3n) is 5.63. The summed E-state index contributed by atoms with van der Waals surface area (Å²) in [7, 11) is 0. The maximum Gasteiger partial charge on any atom is 0.206 e. The predicted octanol–water partition coefficient (Wildman–Crippen LogP) is 3.96. The topological polar surface area (TPSA) is 91.0 Å². The molecular formula is C25H29N7O. The predicted molar refractivity (Wildman–Crippen MR) is 131 cm³/mol. The van der Waals surface area contributed by atoms with E-state index in [2.05, 4.69) is 54.8 Å². The number of nitrogens with zero attached hydrogens (tertiary/aromatic N) is 4. The van der Waals surface area contributed by atoms with Gasteiger partial charge in [-0.15, -0.1) is 0 Å². The number of anilines is 2. The summed E-state index contributed by atoms with van der Waals surface area (Å²) in [6.45, 7) is 9.18. The molecular weight excluding hydrogens is 414 g/mol. The first-order valence-corrected chi connectivity index (χ1v) is 11.4. The molecule has 1 saturated heterocycles. The number of piperazine rings is 1. The van der Waals surface area contributed by atoms with E-state index in [-0.39, 0.29) is 6.10 Å². The number of pyridine rings is 2. The quantitative estimate of drug-likeness (QED) is 0.398. The Bertz CT molecular complexity index is 1230. The van der Waals surface area contributed by atoms with Gasteiger partial charge in [0.25, 0.3) is 0 Å². The normalized spacial score (nSPS) is 14.6. The van der Waals surface area contributed by atoms with Crippen LogP contribution in [0.1, 0.15) is 19.4 Å². The summed E-state index contributed by atoms with van der Waals surface area (Å²) in [5.41, 5.74) is 5.12. The van der Waals surface area contributed by atoms with Crippen LogP contribution >= 0.6 is 0 Å². The van der Waals surface area contributed by atoms with Crippen molar-refractivity contribution in [2.45, 2.75) is 26.5 Å². The molecule has 1 fully saturated rings. The van der Waals surface area contributed by atoms with Gasteiger partial charge in [-0.3, -0.25) is 9.88 Å². The van der Waals surface area contributed by atoms with Crippen molar-refractivity contribution in [2.24, 2.45) is 0 Å². The van der Waals surface area contributed by atoms with Crippen molar-refractivity contribution in [3.63, 3.8) is 0 Å². The lowest BCUT2D eigenvalue weighted by molar-refractivity contribution is 0.233. The minimum absolute atomic E-state index is 0.0782. The summed E-state index contributed by atoms with van der Waals surface area (Å²) in [6.07, 6.45) is 5.47. The second-order valence-electron chi connectivity index (χ2n) is 8.56. The van der Waals surface area contributed by atoms with E-state index in [9.17, 15) is 0 Å². The number of benzene rings is 1. The van der Waals surface area contributed by atoms with E-state index in [0.29, 0.717) is 5.95 Å². The summed E-state index contributed by atoms with van der Waals surface area (Å²) in [5.74, 6) is 2.22. The standard InChI is InChI=1S/C25H29N7O/c1-17(2)33-23-15-27-7-6-20(23)19-3-4-21-22(14-19)30-25(29-21)31-24-13-18(5-8-28-24)16-32-11-9-26-10-12-32/h3-8,13-15,17,26H,9-12,16H2,1-2H3,(H2,28,29,30,31). The molecule has 0 atom stereocenters. The fourth-order valence-corrected chi connectivity index (χ4v) is 4.09. The smallest absolute Gasteiger partial charge is 0.206 e. The number of nitrogens with one attached hydrogen (secondary N) is 3. The Morgan fingerprint density at radius 1 is 1.09 bits per heavy atom. The number of ether oxygens (including phenoxy) is 1. The number of aromatic amines is 1. The fraction of sp³-hybridized carbons (Fsp3) is 0.320. The summed E-state index contributed by atoms with van der Waals surface area (Å²) < 4.78 is 5.95. The van der Waals surface area contributed by atoms with Crippen LogP contribution in [0.2, 0.25) is 0 Å². The van der Waals surface area contributed by atoms with E-state index in [1.807, 2.05) is 32.2 Å². The monoisotopic (exact) mass is 443 g/mol. The summed E-state index contributed by atoms with van der Waals surface area (Å²) in [5, 5.41) is 6.72. The lowest BCUT2D eigenvalue weighted by Gasteiger charge is -2.27. The summed E-state index contributed by atoms with van der Waals surface area (Å²) in [6, 6.07) is 12.3. The van der Waals surface area contributed by atoms with Crippen molar-refractivity contribution in [1.82, 2.24) is 30.2 Å². The largest absolute Gasteiger partial charge is 0.489 e. The first kappa shape index (κ1) is 21.4. The van der Waals surface area contributed by atoms with Gasteiger partial charge in [0.15, 0.2) is 0 Å². The molecule has 0 saturated carbocycles. The molecule has 1 aliphatic heterocycles. The third kappa shape index (κ3) is 5.13. The number of fused-ring (bicyclic) bond motifs is 1. The summed E-state index contributed by atoms with van der Waals surface area (Å²) >= 11 is 0. The Labute approximate surface area is 193 Å². The molecule has 0 amide bonds. The minimum Gasteiger partial charge on any atom is -0.489 e. The van der Waals surface area contributed by atoms with Crippen LogP contribution in [-0.2, 0) is 6.54 Å². The van der Waals surface area contributed by atoms with E-state index >= 15 is 0 Å². The van der Waals surface area contributed by atoms with E-state index in [1.165, 1.54) is 5.56 Å². The van der Waals surface area contributed by atoms with E-state index in [4.69, 9.17) is 9.72 Å². The molecule has 3 N–H and O–H groups in total. The maximum atomic E-state index is 5.95. The van der Waals surface area contributed by atoms with Crippen LogP contribution in [0, 0.1) is 0 Å². The zero-order chi connectivity index (χ0) is 22.6. The molecule has 4 aromatic rings. The second kappa shape index (κ2) is 9.56. The maximum absolute atomic E-state index is 5.95. The Morgan fingerprint density at radius 2 is 1.97 bits per heavy atom. The van der Waals surface area contributed by atoms with Gasteiger partial charge >= 0.3 is 0 Å². The van der Waals surface area contributed by atoms with Gasteiger partial charge < -0.3 is 20.4 Å². The third-order valence-corrected chi connectivity index (χ3v) is 5.63. The van der Waals surface area contributed by atoms with E-state index in [1.54, 1.807) is 12.4 Å². The second-order valence-corrected chi connectivity index (χ2v) is 8.56. The van der Waals surface area contributed by atoms with Gasteiger partial charge in [0.1, 0.15) is 11.6 Å². The van der Waals surface area contributed by atoms with Gasteiger partial charge in [0, 0.05) is 50.7 Å². The Morgan fingerprint density at radius 3 is 2.82 bits per heavy atom. The molecule has 0 unspecified atom stereocenters. The zero-order valence-corrected chi connectivity index (χ0v) is 19.0. The molecule has 0 aliphatic carbocycles. The Hall–Kier alpha value is -3.49. The van der Waals surface area contributed by atoms with Gasteiger partial charge in [0.2, 0.25) is 5.95 Å². The molecule has 1 aliphatic rings.